The van der Waals surface area contributed by atoms with E-state index in [9.17, 15) is 30.0 Å². The standard InChI is InChI=1S/C27H37NO8/c1-6-11(2)21(32)36-15-9-25-17-14-8-24-7-12(3)16(19(31)27(24,25)34)18(30)26(24,33)22(25)28(14)10-23(17,5)20(15)35-13(4)29/h11,14-20,22,30-31,33-34H,3,6-10H2,1-2,4-5H3/t11-,14+,15-,16+,17-,18-,19-,20-,22+,23-,24+,25-,26+,27+/m1/s1. The Bertz CT molecular complexity index is 1110. The molecule has 4 N–H and O–H groups in total. The fourth-order valence-corrected chi connectivity index (χ4v) is 11.4. The number of ether oxygens (including phenoxy) is 2. The van der Waals surface area contributed by atoms with Gasteiger partial charge in [-0.25, -0.2) is 0 Å². The fraction of sp³-hybridized carbons (Fsp3) is 0.852. The molecule has 15 atom stereocenters. The van der Waals surface area contributed by atoms with Gasteiger partial charge in [0.15, 0.2) is 0 Å². The highest BCUT2D eigenvalue weighted by molar-refractivity contribution is 5.72. The van der Waals surface area contributed by atoms with E-state index in [4.69, 9.17) is 9.47 Å². The van der Waals surface area contributed by atoms with Crippen molar-refractivity contribution < 1.29 is 39.5 Å². The monoisotopic (exact) mass is 503 g/mol. The van der Waals surface area contributed by atoms with Crippen molar-refractivity contribution in [3.05, 3.63) is 12.2 Å². The smallest absolute Gasteiger partial charge is 0.309 e. The zero-order chi connectivity index (χ0) is 26.0. The molecule has 6 saturated carbocycles. The predicted octanol–water partition coefficient (Wildman–Crippen LogP) is 0.132. The lowest BCUT2D eigenvalue weighted by Gasteiger charge is -2.71. The van der Waals surface area contributed by atoms with Gasteiger partial charge in [-0.2, -0.15) is 0 Å². The summed E-state index contributed by atoms with van der Waals surface area (Å²) in [5.74, 6) is -2.25. The minimum absolute atomic E-state index is 0.00771. The average Bonchev–Trinajstić information content (AvgIpc) is 3.23. The lowest BCUT2D eigenvalue weighted by Crippen LogP contribution is -2.83. The number of carbonyl (C=O) groups excluding carboxylic acids is 2. The van der Waals surface area contributed by atoms with Crippen molar-refractivity contribution in [1.29, 1.82) is 0 Å². The lowest BCUT2D eigenvalue weighted by molar-refractivity contribution is -0.345. The molecule has 0 amide bonds. The van der Waals surface area contributed by atoms with Crippen molar-refractivity contribution in [2.75, 3.05) is 6.54 Å². The van der Waals surface area contributed by atoms with Crippen LogP contribution in [0.3, 0.4) is 0 Å². The maximum absolute atomic E-state index is 13.0. The van der Waals surface area contributed by atoms with Crippen LogP contribution in [0.1, 0.15) is 53.4 Å². The molecule has 9 aliphatic rings. The van der Waals surface area contributed by atoms with Crippen LogP contribution in [0.4, 0.5) is 0 Å². The summed E-state index contributed by atoms with van der Waals surface area (Å²) in [6.45, 7) is 11.7. The van der Waals surface area contributed by atoms with Crippen LogP contribution < -0.4 is 0 Å². The molecule has 2 spiro atoms. The van der Waals surface area contributed by atoms with E-state index in [-0.39, 0.29) is 24.3 Å². The maximum Gasteiger partial charge on any atom is 0.309 e. The zero-order valence-electron chi connectivity index (χ0n) is 21.3. The molecular weight excluding hydrogens is 466 g/mol. The van der Waals surface area contributed by atoms with Crippen LogP contribution in [0.2, 0.25) is 0 Å². The molecule has 198 valence electrons. The Morgan fingerprint density at radius 2 is 1.89 bits per heavy atom. The molecule has 0 aromatic heterocycles. The summed E-state index contributed by atoms with van der Waals surface area (Å²) in [6.07, 6.45) is -2.61. The van der Waals surface area contributed by atoms with E-state index in [0.29, 0.717) is 31.4 Å². The van der Waals surface area contributed by atoms with Gasteiger partial charge in [0, 0.05) is 41.7 Å². The zero-order valence-corrected chi connectivity index (χ0v) is 21.3. The topological polar surface area (TPSA) is 137 Å². The Balaban J connectivity index is 1.44. The number of fused-ring (bicyclic) bond motifs is 1. The summed E-state index contributed by atoms with van der Waals surface area (Å²) in [5, 5.41) is 48.6. The van der Waals surface area contributed by atoms with Crippen molar-refractivity contribution in [3.8, 4) is 0 Å². The second kappa shape index (κ2) is 6.37. The first-order valence-electron chi connectivity index (χ1n) is 13.4. The molecule has 0 aromatic carbocycles. The molecule has 9 bridgehead atoms. The molecule has 9 heteroatoms. The normalized spacial score (nSPS) is 61.4. The third-order valence-corrected chi connectivity index (χ3v) is 12.3. The van der Waals surface area contributed by atoms with Gasteiger partial charge in [0.05, 0.1) is 24.2 Å². The molecule has 9 fully saturated rings. The minimum atomic E-state index is -1.70. The number of rotatable bonds is 4. The predicted molar refractivity (Wildman–Crippen MR) is 124 cm³/mol. The molecule has 36 heavy (non-hydrogen) atoms. The Morgan fingerprint density at radius 1 is 1.19 bits per heavy atom. The van der Waals surface area contributed by atoms with E-state index in [0.717, 1.165) is 0 Å². The Morgan fingerprint density at radius 3 is 2.53 bits per heavy atom. The number of piperidine rings is 2. The summed E-state index contributed by atoms with van der Waals surface area (Å²) in [6, 6.07) is -0.607. The summed E-state index contributed by atoms with van der Waals surface area (Å²) in [5.41, 5.74) is -5.51. The molecule has 3 heterocycles. The SMILES string of the molecule is C=C1C[C@]23C[C@H]4[C@@H]5[C@@]6(C)CN4[C@@H]4[C@@]2(O)[C@H](O)[C@H]1[C@@H](O)[C@@]3(O)[C@]54C[C@@H](OC(=O)[C@H](C)CC)[C@H]6OC(C)=O. The summed E-state index contributed by atoms with van der Waals surface area (Å²) >= 11 is 0. The average molecular weight is 504 g/mol. The van der Waals surface area contributed by atoms with Gasteiger partial charge in [-0.15, -0.1) is 0 Å². The molecule has 3 saturated heterocycles. The number of aliphatic hydroxyl groups excluding tert-OH is 2. The van der Waals surface area contributed by atoms with Crippen LogP contribution in [-0.2, 0) is 19.1 Å². The van der Waals surface area contributed by atoms with Crippen molar-refractivity contribution in [3.63, 3.8) is 0 Å². The third kappa shape index (κ3) is 1.92. The first kappa shape index (κ1) is 23.6. The maximum atomic E-state index is 13.0. The number of aliphatic hydroxyl groups is 4. The molecule has 0 radical (unpaired) electrons. The molecule has 6 aliphatic carbocycles. The van der Waals surface area contributed by atoms with E-state index in [1.807, 2.05) is 13.8 Å². The van der Waals surface area contributed by atoms with Gasteiger partial charge in [-0.1, -0.05) is 32.9 Å². The number of esters is 2. The van der Waals surface area contributed by atoms with Crippen LogP contribution in [0.25, 0.3) is 0 Å². The van der Waals surface area contributed by atoms with Crippen molar-refractivity contribution in [1.82, 2.24) is 4.90 Å². The fourth-order valence-electron chi connectivity index (χ4n) is 11.4. The van der Waals surface area contributed by atoms with Gasteiger partial charge in [-0.05, 0) is 31.6 Å². The van der Waals surface area contributed by atoms with Crippen LogP contribution in [0, 0.1) is 34.0 Å². The van der Waals surface area contributed by atoms with Gasteiger partial charge < -0.3 is 29.9 Å². The van der Waals surface area contributed by atoms with Crippen LogP contribution >= 0.6 is 0 Å². The van der Waals surface area contributed by atoms with Crippen molar-refractivity contribution in [2.24, 2.45) is 34.0 Å². The van der Waals surface area contributed by atoms with Crippen LogP contribution in [0.15, 0.2) is 12.2 Å². The first-order chi connectivity index (χ1) is 16.8. The Kier molecular flexibility index (Phi) is 4.17. The molecule has 9 rings (SSSR count). The Labute approximate surface area is 210 Å². The second-order valence-electron chi connectivity index (χ2n) is 13.3. The molecular formula is C27H37NO8. The van der Waals surface area contributed by atoms with E-state index in [2.05, 4.69) is 11.5 Å². The number of hydrogen-bond donors (Lipinski definition) is 4. The van der Waals surface area contributed by atoms with Crippen molar-refractivity contribution >= 4 is 11.9 Å². The van der Waals surface area contributed by atoms with E-state index in [1.54, 1.807) is 6.92 Å². The molecule has 0 aromatic rings. The lowest BCUT2D eigenvalue weighted by atomic mass is 9.36. The van der Waals surface area contributed by atoms with Gasteiger partial charge in [-0.3, -0.25) is 14.5 Å². The molecule has 1 unspecified atom stereocenters. The summed E-state index contributed by atoms with van der Waals surface area (Å²) < 4.78 is 12.0. The largest absolute Gasteiger partial charge is 0.458 e. The molecule has 3 aliphatic heterocycles. The first-order valence-corrected chi connectivity index (χ1v) is 13.4. The van der Waals surface area contributed by atoms with E-state index >= 15 is 0 Å². The number of nitrogens with zero attached hydrogens (tertiary/aromatic N) is 1. The number of carbonyl (C=O) groups is 2. The van der Waals surface area contributed by atoms with E-state index < -0.39 is 75.8 Å². The minimum Gasteiger partial charge on any atom is -0.458 e. The highest BCUT2D eigenvalue weighted by Gasteiger charge is 3.00. The van der Waals surface area contributed by atoms with E-state index in [1.165, 1.54) is 6.92 Å². The molecule has 9 nitrogen and oxygen atoms in total. The second-order valence-corrected chi connectivity index (χ2v) is 13.3. The third-order valence-electron chi connectivity index (χ3n) is 12.3. The van der Waals surface area contributed by atoms with Crippen molar-refractivity contribution in [2.45, 2.75) is 101 Å². The van der Waals surface area contributed by atoms with Crippen LogP contribution in [0.5, 0.6) is 0 Å². The Hall–Kier alpha value is -1.52. The van der Waals surface area contributed by atoms with Gasteiger partial charge in [0.1, 0.15) is 23.4 Å². The quantitative estimate of drug-likeness (QED) is 0.312. The van der Waals surface area contributed by atoms with Crippen LogP contribution in [-0.4, -0.2) is 91.5 Å². The highest BCUT2D eigenvalue weighted by Crippen LogP contribution is 2.89. The number of hydrogen-bond acceptors (Lipinski definition) is 9. The van der Waals surface area contributed by atoms with Gasteiger partial charge >= 0.3 is 11.9 Å². The van der Waals surface area contributed by atoms with Gasteiger partial charge in [0.25, 0.3) is 0 Å². The highest BCUT2D eigenvalue weighted by atomic mass is 16.6. The van der Waals surface area contributed by atoms with Gasteiger partial charge in [0.2, 0.25) is 0 Å². The summed E-state index contributed by atoms with van der Waals surface area (Å²) in [4.78, 5) is 27.5. The summed E-state index contributed by atoms with van der Waals surface area (Å²) in [7, 11) is 0.